The number of nitrogens with two attached hydrogens (primary N) is 1. The van der Waals surface area contributed by atoms with Gasteiger partial charge in [0, 0.05) is 32.7 Å². The van der Waals surface area contributed by atoms with E-state index in [-0.39, 0.29) is 16.9 Å². The molecule has 0 aromatic heterocycles. The molecule has 1 aromatic rings. The summed E-state index contributed by atoms with van der Waals surface area (Å²) in [6.45, 7) is 6.60. The Hall–Kier alpha value is -0.750. The molecule has 110 valence electrons. The molecule has 2 N–H and O–H groups in total. The fourth-order valence-electron chi connectivity index (χ4n) is 2.38. The van der Waals surface area contributed by atoms with E-state index >= 15 is 0 Å². The van der Waals surface area contributed by atoms with Crippen molar-refractivity contribution < 1.29 is 4.39 Å². The molecule has 0 bridgehead atoms. The van der Waals surface area contributed by atoms with Crippen molar-refractivity contribution in [1.29, 1.82) is 0 Å². The van der Waals surface area contributed by atoms with Crippen LogP contribution in [0, 0.1) is 5.82 Å². The lowest BCUT2D eigenvalue weighted by Gasteiger charge is -2.37. The van der Waals surface area contributed by atoms with Crippen molar-refractivity contribution in [3.63, 3.8) is 0 Å². The third-order valence-electron chi connectivity index (χ3n) is 3.76. The Morgan fingerprint density at radius 3 is 2.60 bits per heavy atom. The third-order valence-corrected chi connectivity index (χ3v) is 4.39. The van der Waals surface area contributed by atoms with Crippen LogP contribution in [-0.4, -0.2) is 47.0 Å². The minimum atomic E-state index is -0.370. The predicted molar refractivity (Wildman–Crippen MR) is 84.5 cm³/mol. The van der Waals surface area contributed by atoms with E-state index in [1.54, 1.807) is 12.1 Å². The van der Waals surface area contributed by atoms with E-state index < -0.39 is 0 Å². The van der Waals surface area contributed by atoms with Crippen LogP contribution in [0.4, 0.5) is 4.39 Å². The fraction of sp³-hybridized carbons (Fsp3) is 0.500. The van der Waals surface area contributed by atoms with Gasteiger partial charge in [0.2, 0.25) is 0 Å². The lowest BCUT2D eigenvalue weighted by atomic mass is 10.1. The van der Waals surface area contributed by atoms with Gasteiger partial charge in [0.05, 0.1) is 16.1 Å². The minimum Gasteiger partial charge on any atom is -0.392 e. The summed E-state index contributed by atoms with van der Waals surface area (Å²) in [5.74, 6) is -0.370. The smallest absolute Gasteiger partial charge is 0.141 e. The number of hydrogen-bond donors (Lipinski definition) is 1. The van der Waals surface area contributed by atoms with Gasteiger partial charge in [-0.05, 0) is 24.6 Å². The van der Waals surface area contributed by atoms with E-state index in [1.165, 1.54) is 6.07 Å². The Labute approximate surface area is 129 Å². The molecule has 2 rings (SSSR count). The van der Waals surface area contributed by atoms with E-state index in [9.17, 15) is 4.39 Å². The standard InChI is InChI=1S/C14H19ClFN3S/c1-10(14(17)20)19-6-4-18(5-7-19)9-11-2-3-13(16)12(15)8-11/h2-3,8,10H,4-7,9H2,1H3,(H2,17,20). The van der Waals surface area contributed by atoms with Gasteiger partial charge in [-0.15, -0.1) is 0 Å². The number of benzene rings is 1. The molecule has 0 saturated carbocycles. The van der Waals surface area contributed by atoms with Gasteiger partial charge in [-0.2, -0.15) is 0 Å². The van der Waals surface area contributed by atoms with Gasteiger partial charge in [-0.3, -0.25) is 9.80 Å². The fourth-order valence-corrected chi connectivity index (χ4v) is 2.74. The van der Waals surface area contributed by atoms with Crippen LogP contribution in [0.5, 0.6) is 0 Å². The van der Waals surface area contributed by atoms with E-state index in [0.717, 1.165) is 38.3 Å². The SMILES string of the molecule is CC(C(N)=S)N1CCN(Cc2ccc(F)c(Cl)c2)CC1. The summed E-state index contributed by atoms with van der Waals surface area (Å²) < 4.78 is 13.1. The van der Waals surface area contributed by atoms with Gasteiger partial charge in [-0.1, -0.05) is 29.9 Å². The summed E-state index contributed by atoms with van der Waals surface area (Å²) >= 11 is 10.8. The number of halogens is 2. The summed E-state index contributed by atoms with van der Waals surface area (Å²) in [4.78, 5) is 5.16. The highest BCUT2D eigenvalue weighted by Crippen LogP contribution is 2.18. The van der Waals surface area contributed by atoms with E-state index in [0.29, 0.717) is 4.99 Å². The van der Waals surface area contributed by atoms with Crippen LogP contribution in [-0.2, 0) is 6.54 Å². The summed E-state index contributed by atoms with van der Waals surface area (Å²) in [5, 5.41) is 0.184. The van der Waals surface area contributed by atoms with Crippen molar-refractivity contribution in [2.24, 2.45) is 5.73 Å². The molecule has 1 aliphatic rings. The molecule has 0 radical (unpaired) electrons. The molecular weight excluding hydrogens is 297 g/mol. The predicted octanol–water partition coefficient (Wildman–Crippen LogP) is 2.27. The summed E-state index contributed by atoms with van der Waals surface area (Å²) in [6.07, 6.45) is 0. The van der Waals surface area contributed by atoms with Gasteiger partial charge >= 0.3 is 0 Å². The van der Waals surface area contributed by atoms with Crippen molar-refractivity contribution in [2.45, 2.75) is 19.5 Å². The van der Waals surface area contributed by atoms with Crippen molar-refractivity contribution in [3.05, 3.63) is 34.6 Å². The number of rotatable bonds is 4. The summed E-state index contributed by atoms with van der Waals surface area (Å²) in [7, 11) is 0. The Kier molecular flexibility index (Phi) is 5.32. The second-order valence-electron chi connectivity index (χ2n) is 5.14. The maximum atomic E-state index is 13.1. The molecule has 0 aliphatic carbocycles. The summed E-state index contributed by atoms with van der Waals surface area (Å²) in [5.41, 5.74) is 6.72. The maximum absolute atomic E-state index is 13.1. The second kappa shape index (κ2) is 6.80. The molecule has 1 aliphatic heterocycles. The van der Waals surface area contributed by atoms with Gasteiger partial charge < -0.3 is 5.73 Å². The van der Waals surface area contributed by atoms with E-state index in [4.69, 9.17) is 29.6 Å². The number of nitrogens with zero attached hydrogens (tertiary/aromatic N) is 2. The number of thiocarbonyl (C=S) groups is 1. The van der Waals surface area contributed by atoms with Crippen LogP contribution in [0.1, 0.15) is 12.5 Å². The molecule has 1 heterocycles. The van der Waals surface area contributed by atoms with Crippen molar-refractivity contribution in [2.75, 3.05) is 26.2 Å². The van der Waals surface area contributed by atoms with E-state index in [2.05, 4.69) is 9.80 Å². The quantitative estimate of drug-likeness (QED) is 0.864. The lowest BCUT2D eigenvalue weighted by molar-refractivity contribution is 0.118. The number of hydrogen-bond acceptors (Lipinski definition) is 3. The molecule has 1 fully saturated rings. The van der Waals surface area contributed by atoms with Gasteiger partial charge in [0.1, 0.15) is 5.82 Å². The van der Waals surface area contributed by atoms with Crippen LogP contribution in [0.2, 0.25) is 5.02 Å². The average Bonchev–Trinajstić information content (AvgIpc) is 2.43. The van der Waals surface area contributed by atoms with Gasteiger partial charge in [-0.25, -0.2) is 4.39 Å². The molecule has 1 aromatic carbocycles. The first-order chi connectivity index (χ1) is 9.47. The van der Waals surface area contributed by atoms with E-state index in [1.807, 2.05) is 6.92 Å². The number of piperazine rings is 1. The molecule has 1 atom stereocenters. The maximum Gasteiger partial charge on any atom is 0.141 e. The van der Waals surface area contributed by atoms with Crippen LogP contribution >= 0.6 is 23.8 Å². The topological polar surface area (TPSA) is 32.5 Å². The highest BCUT2D eigenvalue weighted by atomic mass is 35.5. The molecule has 1 saturated heterocycles. The zero-order valence-electron chi connectivity index (χ0n) is 11.5. The van der Waals surface area contributed by atoms with Crippen LogP contribution in [0.25, 0.3) is 0 Å². The molecule has 6 heteroatoms. The molecule has 3 nitrogen and oxygen atoms in total. The normalized spacial score (nSPS) is 18.9. The van der Waals surface area contributed by atoms with Crippen LogP contribution < -0.4 is 5.73 Å². The van der Waals surface area contributed by atoms with Crippen LogP contribution in [0.15, 0.2) is 18.2 Å². The van der Waals surface area contributed by atoms with Gasteiger partial charge in [0.15, 0.2) is 0 Å². The minimum absolute atomic E-state index is 0.146. The monoisotopic (exact) mass is 315 g/mol. The summed E-state index contributed by atoms with van der Waals surface area (Å²) in [6, 6.07) is 5.04. The first kappa shape index (κ1) is 15.6. The Morgan fingerprint density at radius 2 is 2.05 bits per heavy atom. The molecule has 0 amide bonds. The Morgan fingerprint density at radius 1 is 1.40 bits per heavy atom. The molecular formula is C14H19ClFN3S. The van der Waals surface area contributed by atoms with Crippen molar-refractivity contribution in [1.82, 2.24) is 9.80 Å². The first-order valence-electron chi connectivity index (χ1n) is 6.67. The lowest BCUT2D eigenvalue weighted by Crippen LogP contribution is -2.52. The zero-order valence-corrected chi connectivity index (χ0v) is 13.1. The molecule has 20 heavy (non-hydrogen) atoms. The Bertz CT molecular complexity index is 489. The average molecular weight is 316 g/mol. The highest BCUT2D eigenvalue weighted by Gasteiger charge is 2.22. The van der Waals surface area contributed by atoms with Crippen molar-refractivity contribution >= 4 is 28.8 Å². The molecule has 1 unspecified atom stereocenters. The largest absolute Gasteiger partial charge is 0.392 e. The van der Waals surface area contributed by atoms with Crippen LogP contribution in [0.3, 0.4) is 0 Å². The highest BCUT2D eigenvalue weighted by molar-refractivity contribution is 7.80. The van der Waals surface area contributed by atoms with Gasteiger partial charge in [0.25, 0.3) is 0 Å². The zero-order chi connectivity index (χ0) is 14.7. The Balaban J connectivity index is 1.88. The third kappa shape index (κ3) is 3.88. The van der Waals surface area contributed by atoms with Crippen molar-refractivity contribution in [3.8, 4) is 0 Å². The molecule has 0 spiro atoms. The second-order valence-corrected chi connectivity index (χ2v) is 6.02. The first-order valence-corrected chi connectivity index (χ1v) is 7.45.